The average Bonchev–Trinajstić information content (AvgIpc) is 2.64. The van der Waals surface area contributed by atoms with Crippen LogP contribution in [-0.4, -0.2) is 42.6 Å². The van der Waals surface area contributed by atoms with Crippen LogP contribution in [0.15, 0.2) is 42.5 Å². The van der Waals surface area contributed by atoms with Crippen molar-refractivity contribution in [3.8, 4) is 0 Å². The number of rotatable bonds is 4. The number of nitrogens with zero attached hydrogens (tertiary/aromatic N) is 2. The molecule has 1 N–H and O–H groups in total. The summed E-state index contributed by atoms with van der Waals surface area (Å²) >= 11 is 8.01. The molecular weight excluding hydrogens is 366 g/mol. The molecule has 138 valence electrons. The molecule has 1 saturated heterocycles. The Kier molecular flexibility index (Phi) is 6.33. The van der Waals surface area contributed by atoms with Gasteiger partial charge in [-0.1, -0.05) is 23.7 Å². The molecule has 1 aliphatic heterocycles. The number of nitrogens with one attached hydrogen (secondary N) is 1. The van der Waals surface area contributed by atoms with Crippen LogP contribution < -0.4 is 10.2 Å². The number of thioether (sulfide) groups is 1. The molecule has 3 rings (SSSR count). The minimum Gasteiger partial charge on any atom is -0.370 e. The molecule has 4 nitrogen and oxygen atoms in total. The first-order valence-electron chi connectivity index (χ1n) is 8.73. The molecule has 2 amide bonds. The van der Waals surface area contributed by atoms with Crippen molar-refractivity contribution in [2.24, 2.45) is 0 Å². The Labute approximate surface area is 164 Å². The molecule has 0 spiro atoms. The van der Waals surface area contributed by atoms with Gasteiger partial charge < -0.3 is 15.1 Å². The maximum Gasteiger partial charge on any atom is 0.321 e. The lowest BCUT2D eigenvalue weighted by Gasteiger charge is -2.29. The first kappa shape index (κ1) is 18.9. The van der Waals surface area contributed by atoms with Crippen LogP contribution in [0.2, 0.25) is 5.02 Å². The number of urea groups is 1. The van der Waals surface area contributed by atoms with Crippen molar-refractivity contribution in [3.63, 3.8) is 0 Å². The third-order valence-corrected chi connectivity index (χ3v) is 5.66. The molecule has 6 heteroatoms. The van der Waals surface area contributed by atoms with Crippen molar-refractivity contribution in [2.45, 2.75) is 13.5 Å². The van der Waals surface area contributed by atoms with Crippen molar-refractivity contribution in [1.29, 1.82) is 0 Å². The summed E-state index contributed by atoms with van der Waals surface area (Å²) in [4.78, 5) is 16.6. The average molecular weight is 390 g/mol. The Morgan fingerprint density at radius 3 is 2.69 bits per heavy atom. The predicted molar refractivity (Wildman–Crippen MR) is 113 cm³/mol. The fourth-order valence-electron chi connectivity index (χ4n) is 3.00. The van der Waals surface area contributed by atoms with Crippen LogP contribution in [0, 0.1) is 6.92 Å². The van der Waals surface area contributed by atoms with Crippen LogP contribution in [0.3, 0.4) is 0 Å². The highest BCUT2D eigenvalue weighted by Gasteiger charge is 2.14. The van der Waals surface area contributed by atoms with E-state index in [1.807, 2.05) is 49.0 Å². The molecule has 1 aliphatic rings. The van der Waals surface area contributed by atoms with Crippen LogP contribution in [0.5, 0.6) is 0 Å². The number of benzene rings is 2. The van der Waals surface area contributed by atoms with Gasteiger partial charge in [0.15, 0.2) is 0 Å². The largest absolute Gasteiger partial charge is 0.370 e. The molecule has 2 aromatic carbocycles. The van der Waals surface area contributed by atoms with Crippen LogP contribution >= 0.6 is 23.4 Å². The van der Waals surface area contributed by atoms with Gasteiger partial charge in [0.25, 0.3) is 0 Å². The molecule has 0 radical (unpaired) electrons. The van der Waals surface area contributed by atoms with E-state index in [1.165, 1.54) is 17.2 Å². The molecule has 1 fully saturated rings. The number of amides is 2. The van der Waals surface area contributed by atoms with E-state index in [0.717, 1.165) is 29.9 Å². The van der Waals surface area contributed by atoms with Crippen LogP contribution in [0.1, 0.15) is 11.1 Å². The van der Waals surface area contributed by atoms with Crippen molar-refractivity contribution in [1.82, 2.24) is 4.90 Å². The second kappa shape index (κ2) is 8.69. The molecule has 0 atom stereocenters. The number of anilines is 2. The highest BCUT2D eigenvalue weighted by atomic mass is 35.5. The Bertz CT molecular complexity index is 777. The first-order valence-corrected chi connectivity index (χ1v) is 10.3. The number of halogens is 1. The van der Waals surface area contributed by atoms with Gasteiger partial charge in [0.1, 0.15) is 0 Å². The molecule has 0 unspecified atom stereocenters. The standard InChI is InChI=1S/C20H24ClN3OS/c1-15-12-18(24-8-10-26-11-9-24)6-7-19(15)22-20(25)23(2)14-16-4-3-5-17(21)13-16/h3-7,12-13H,8-11,14H2,1-2H3,(H,22,25). The Hall–Kier alpha value is -1.85. The molecule has 0 aliphatic carbocycles. The quantitative estimate of drug-likeness (QED) is 0.810. The third-order valence-electron chi connectivity index (χ3n) is 4.48. The highest BCUT2D eigenvalue weighted by molar-refractivity contribution is 7.99. The van der Waals surface area contributed by atoms with E-state index in [2.05, 4.69) is 22.3 Å². The summed E-state index contributed by atoms with van der Waals surface area (Å²) in [5.41, 5.74) is 4.16. The van der Waals surface area contributed by atoms with E-state index in [0.29, 0.717) is 11.6 Å². The summed E-state index contributed by atoms with van der Waals surface area (Å²) < 4.78 is 0. The normalized spacial score (nSPS) is 14.2. The van der Waals surface area contributed by atoms with Gasteiger partial charge in [0, 0.05) is 54.6 Å². The fraction of sp³-hybridized carbons (Fsp3) is 0.350. The van der Waals surface area contributed by atoms with E-state index in [9.17, 15) is 4.79 Å². The van der Waals surface area contributed by atoms with Crippen LogP contribution in [0.4, 0.5) is 16.2 Å². The zero-order valence-corrected chi connectivity index (χ0v) is 16.7. The summed E-state index contributed by atoms with van der Waals surface area (Å²) in [6, 6.07) is 13.7. The second-order valence-corrected chi connectivity index (χ2v) is 8.18. The van der Waals surface area contributed by atoms with Crippen molar-refractivity contribution in [3.05, 3.63) is 58.6 Å². The van der Waals surface area contributed by atoms with Gasteiger partial charge in [-0.25, -0.2) is 4.79 Å². The summed E-state index contributed by atoms with van der Waals surface area (Å²) in [5.74, 6) is 2.34. The molecule has 26 heavy (non-hydrogen) atoms. The number of aryl methyl sites for hydroxylation is 1. The van der Waals surface area contributed by atoms with Gasteiger partial charge in [0.05, 0.1) is 0 Å². The summed E-state index contributed by atoms with van der Waals surface area (Å²) in [7, 11) is 1.78. The molecule has 2 aromatic rings. The maximum atomic E-state index is 12.5. The number of carbonyl (C=O) groups is 1. The van der Waals surface area contributed by atoms with E-state index in [1.54, 1.807) is 11.9 Å². The van der Waals surface area contributed by atoms with Gasteiger partial charge in [-0.05, 0) is 48.4 Å². The predicted octanol–water partition coefficient (Wildman–Crippen LogP) is 4.87. The second-order valence-electron chi connectivity index (χ2n) is 6.51. The molecule has 1 heterocycles. The fourth-order valence-corrected chi connectivity index (χ4v) is 4.11. The van der Waals surface area contributed by atoms with Crippen molar-refractivity contribution >= 4 is 40.8 Å². The molecular formula is C20H24ClN3OS. The summed E-state index contributed by atoms with van der Waals surface area (Å²) in [5, 5.41) is 3.69. The lowest BCUT2D eigenvalue weighted by Crippen LogP contribution is -2.32. The minimum absolute atomic E-state index is 0.129. The smallest absolute Gasteiger partial charge is 0.321 e. The Balaban J connectivity index is 1.63. The summed E-state index contributed by atoms with van der Waals surface area (Å²) in [6.07, 6.45) is 0. The monoisotopic (exact) mass is 389 g/mol. The van der Waals surface area contributed by atoms with Gasteiger partial charge in [-0.15, -0.1) is 0 Å². The molecule has 0 bridgehead atoms. The van der Waals surface area contributed by atoms with Crippen molar-refractivity contribution < 1.29 is 4.79 Å². The van der Waals surface area contributed by atoms with Crippen molar-refractivity contribution in [2.75, 3.05) is 41.9 Å². The van der Waals surface area contributed by atoms with E-state index in [4.69, 9.17) is 11.6 Å². The zero-order valence-electron chi connectivity index (χ0n) is 15.2. The molecule has 0 aromatic heterocycles. The maximum absolute atomic E-state index is 12.5. The number of carbonyl (C=O) groups excluding carboxylic acids is 1. The number of hydrogen-bond acceptors (Lipinski definition) is 3. The summed E-state index contributed by atoms with van der Waals surface area (Å²) in [6.45, 7) is 4.71. The van der Waals surface area contributed by atoms with E-state index in [-0.39, 0.29) is 6.03 Å². The van der Waals surface area contributed by atoms with Gasteiger partial charge in [0.2, 0.25) is 0 Å². The first-order chi connectivity index (χ1) is 12.5. The molecule has 0 saturated carbocycles. The minimum atomic E-state index is -0.129. The zero-order chi connectivity index (χ0) is 18.5. The Morgan fingerprint density at radius 1 is 1.23 bits per heavy atom. The topological polar surface area (TPSA) is 35.6 Å². The SMILES string of the molecule is Cc1cc(N2CCSCC2)ccc1NC(=O)N(C)Cc1cccc(Cl)c1. The highest BCUT2D eigenvalue weighted by Crippen LogP contribution is 2.25. The van der Waals surface area contributed by atoms with E-state index < -0.39 is 0 Å². The van der Waals surface area contributed by atoms with E-state index >= 15 is 0 Å². The van der Waals surface area contributed by atoms with Gasteiger partial charge in [-0.3, -0.25) is 0 Å². The van der Waals surface area contributed by atoms with Crippen LogP contribution in [0.25, 0.3) is 0 Å². The van der Waals surface area contributed by atoms with Crippen LogP contribution in [-0.2, 0) is 6.54 Å². The lowest BCUT2D eigenvalue weighted by molar-refractivity contribution is 0.220. The Morgan fingerprint density at radius 2 is 2.00 bits per heavy atom. The van der Waals surface area contributed by atoms with Gasteiger partial charge in [-0.2, -0.15) is 11.8 Å². The van der Waals surface area contributed by atoms with Gasteiger partial charge >= 0.3 is 6.03 Å². The third kappa shape index (κ3) is 4.86. The lowest BCUT2D eigenvalue weighted by atomic mass is 10.1. The number of hydrogen-bond donors (Lipinski definition) is 1.